The van der Waals surface area contributed by atoms with Gasteiger partial charge in [0.2, 0.25) is 0 Å². The maximum atomic E-state index is 11.3. The molecular weight excluding hydrogens is 162 g/mol. The van der Waals surface area contributed by atoms with E-state index in [0.717, 1.165) is 12.8 Å². The van der Waals surface area contributed by atoms with Crippen LogP contribution in [0.1, 0.15) is 40.5 Å². The Morgan fingerprint density at radius 3 is 2.38 bits per heavy atom. The second-order valence-electron chi connectivity index (χ2n) is 5.51. The van der Waals surface area contributed by atoms with Gasteiger partial charge in [-0.2, -0.15) is 0 Å². The fourth-order valence-corrected chi connectivity index (χ4v) is 3.10. The zero-order chi connectivity index (χ0) is 9.80. The second kappa shape index (κ2) is 2.57. The monoisotopic (exact) mass is 181 g/mol. The number of carbonyl (C=O) groups is 1. The highest BCUT2D eigenvalue weighted by Gasteiger charge is 2.53. The van der Waals surface area contributed by atoms with Gasteiger partial charge in [0.15, 0.2) is 0 Å². The van der Waals surface area contributed by atoms with Crippen molar-refractivity contribution in [3.8, 4) is 0 Å². The van der Waals surface area contributed by atoms with Gasteiger partial charge in [-0.05, 0) is 34.1 Å². The van der Waals surface area contributed by atoms with Crippen LogP contribution in [0, 0.1) is 5.92 Å². The molecule has 2 fully saturated rings. The Morgan fingerprint density at radius 2 is 2.00 bits per heavy atom. The molecule has 0 radical (unpaired) electrons. The number of hydrogen-bond donors (Lipinski definition) is 0. The largest absolute Gasteiger partial charge is 0.299 e. The molecule has 2 rings (SSSR count). The third-order valence-corrected chi connectivity index (χ3v) is 3.49. The third-order valence-electron chi connectivity index (χ3n) is 3.49. The van der Waals surface area contributed by atoms with Crippen molar-refractivity contribution in [2.24, 2.45) is 5.92 Å². The van der Waals surface area contributed by atoms with Gasteiger partial charge >= 0.3 is 0 Å². The number of hydrogen-bond acceptors (Lipinski definition) is 2. The molecule has 2 heteroatoms. The molecule has 2 aliphatic rings. The molecule has 13 heavy (non-hydrogen) atoms. The molecule has 1 saturated heterocycles. The maximum Gasteiger partial charge on any atom is 0.139 e. The van der Waals surface area contributed by atoms with E-state index in [1.54, 1.807) is 0 Å². The predicted molar refractivity (Wildman–Crippen MR) is 52.6 cm³/mol. The number of nitrogens with zero attached hydrogens (tertiary/aromatic N) is 1. The molecule has 0 bridgehead atoms. The summed E-state index contributed by atoms with van der Waals surface area (Å²) in [6.45, 7) is 8.98. The third kappa shape index (κ3) is 1.23. The lowest BCUT2D eigenvalue weighted by molar-refractivity contribution is -0.133. The van der Waals surface area contributed by atoms with Gasteiger partial charge in [0.1, 0.15) is 5.78 Å². The van der Waals surface area contributed by atoms with Gasteiger partial charge < -0.3 is 0 Å². The first-order chi connectivity index (χ1) is 5.91. The summed E-state index contributed by atoms with van der Waals surface area (Å²) in [5.74, 6) is 0.859. The zero-order valence-electron chi connectivity index (χ0n) is 9.00. The van der Waals surface area contributed by atoms with Crippen LogP contribution >= 0.6 is 0 Å². The number of likely N-dealkylation sites (tertiary alicyclic amines) is 1. The fraction of sp³-hybridized carbons (Fsp3) is 0.909. The van der Waals surface area contributed by atoms with Gasteiger partial charge in [0, 0.05) is 30.0 Å². The van der Waals surface area contributed by atoms with E-state index in [1.165, 1.54) is 0 Å². The van der Waals surface area contributed by atoms with Crippen molar-refractivity contribution in [3.63, 3.8) is 0 Å². The minimum absolute atomic E-state index is 0.222. The Labute approximate surface area is 80.3 Å². The predicted octanol–water partition coefficient (Wildman–Crippen LogP) is 1.84. The molecule has 2 nitrogen and oxygen atoms in total. The number of fused-ring (bicyclic) bond motifs is 1. The molecule has 1 aliphatic heterocycles. The van der Waals surface area contributed by atoms with Gasteiger partial charge in [-0.3, -0.25) is 9.69 Å². The minimum Gasteiger partial charge on any atom is -0.299 e. The maximum absolute atomic E-state index is 11.3. The summed E-state index contributed by atoms with van der Waals surface area (Å²) in [5, 5.41) is 0. The molecule has 1 aliphatic carbocycles. The molecule has 74 valence electrons. The van der Waals surface area contributed by atoms with Crippen molar-refractivity contribution >= 4 is 5.78 Å². The van der Waals surface area contributed by atoms with Gasteiger partial charge in [-0.1, -0.05) is 0 Å². The Bertz CT molecular complexity index is 241. The van der Waals surface area contributed by atoms with Crippen LogP contribution in [0.25, 0.3) is 0 Å². The van der Waals surface area contributed by atoms with Crippen molar-refractivity contribution in [1.82, 2.24) is 4.90 Å². The lowest BCUT2D eigenvalue weighted by Gasteiger charge is -2.44. The zero-order valence-corrected chi connectivity index (χ0v) is 9.00. The average molecular weight is 181 g/mol. The highest BCUT2D eigenvalue weighted by Crippen LogP contribution is 2.44. The summed E-state index contributed by atoms with van der Waals surface area (Å²) >= 11 is 0. The molecule has 0 N–H and O–H groups in total. The van der Waals surface area contributed by atoms with E-state index in [4.69, 9.17) is 0 Å². The molecule has 0 aromatic heterocycles. The Morgan fingerprint density at radius 1 is 1.38 bits per heavy atom. The smallest absolute Gasteiger partial charge is 0.139 e. The fourth-order valence-electron chi connectivity index (χ4n) is 3.10. The van der Waals surface area contributed by atoms with E-state index in [1.807, 2.05) is 0 Å². The first-order valence-electron chi connectivity index (χ1n) is 5.22. The topological polar surface area (TPSA) is 20.3 Å². The van der Waals surface area contributed by atoms with Crippen molar-refractivity contribution in [1.29, 1.82) is 0 Å². The van der Waals surface area contributed by atoms with Crippen LogP contribution in [-0.4, -0.2) is 28.3 Å². The summed E-state index contributed by atoms with van der Waals surface area (Å²) in [5.41, 5.74) is 0.222. The molecule has 3 atom stereocenters. The van der Waals surface area contributed by atoms with E-state index >= 15 is 0 Å². The van der Waals surface area contributed by atoms with Gasteiger partial charge in [0.05, 0.1) is 0 Å². The molecule has 1 saturated carbocycles. The average Bonchev–Trinajstić information content (AvgIpc) is 2.22. The number of ketones is 1. The standard InChI is InChI=1S/C11H19NO/c1-7-5-8-9(6-10(8)13)12(7)11(2,3)4/h7-9H,5-6H2,1-4H3/t7-,8-,9-/m1/s1. The number of Topliss-reactive ketones (excluding diaryl/α,β-unsaturated/α-hetero) is 1. The van der Waals surface area contributed by atoms with E-state index in [2.05, 4.69) is 32.6 Å². The van der Waals surface area contributed by atoms with E-state index in [9.17, 15) is 4.79 Å². The van der Waals surface area contributed by atoms with Gasteiger partial charge in [-0.15, -0.1) is 0 Å². The lowest BCUT2D eigenvalue weighted by atomic mass is 9.78. The first-order valence-corrected chi connectivity index (χ1v) is 5.22. The van der Waals surface area contributed by atoms with Crippen LogP contribution in [0.2, 0.25) is 0 Å². The summed E-state index contributed by atoms with van der Waals surface area (Å²) in [4.78, 5) is 13.8. The summed E-state index contributed by atoms with van der Waals surface area (Å²) in [6, 6.07) is 1.14. The summed E-state index contributed by atoms with van der Waals surface area (Å²) in [7, 11) is 0. The van der Waals surface area contributed by atoms with Crippen molar-refractivity contribution in [2.45, 2.75) is 58.2 Å². The van der Waals surface area contributed by atoms with Crippen molar-refractivity contribution < 1.29 is 4.79 Å². The van der Waals surface area contributed by atoms with Crippen LogP contribution < -0.4 is 0 Å². The Balaban J connectivity index is 2.18. The van der Waals surface area contributed by atoms with E-state index < -0.39 is 0 Å². The summed E-state index contributed by atoms with van der Waals surface area (Å²) < 4.78 is 0. The highest BCUT2D eigenvalue weighted by molar-refractivity contribution is 5.89. The second-order valence-corrected chi connectivity index (χ2v) is 5.51. The Hall–Kier alpha value is -0.370. The van der Waals surface area contributed by atoms with Crippen LogP contribution in [0.5, 0.6) is 0 Å². The SMILES string of the molecule is C[C@@H]1C[C@H]2C(=O)C[C@H]2N1C(C)(C)C. The first kappa shape index (κ1) is 9.20. The van der Waals surface area contributed by atoms with Crippen LogP contribution in [0.4, 0.5) is 0 Å². The normalized spacial score (nSPS) is 40.3. The Kier molecular flexibility index (Phi) is 1.82. The summed E-state index contributed by atoms with van der Waals surface area (Å²) in [6.07, 6.45) is 1.88. The lowest BCUT2D eigenvalue weighted by Crippen LogP contribution is -2.54. The van der Waals surface area contributed by atoms with Crippen LogP contribution in [0.15, 0.2) is 0 Å². The van der Waals surface area contributed by atoms with Crippen LogP contribution in [0.3, 0.4) is 0 Å². The van der Waals surface area contributed by atoms with Crippen molar-refractivity contribution in [3.05, 3.63) is 0 Å². The number of carbonyl (C=O) groups excluding carboxylic acids is 1. The van der Waals surface area contributed by atoms with Crippen molar-refractivity contribution in [2.75, 3.05) is 0 Å². The van der Waals surface area contributed by atoms with Gasteiger partial charge in [0.25, 0.3) is 0 Å². The molecule has 0 aromatic carbocycles. The molecule has 1 heterocycles. The minimum atomic E-state index is 0.222. The molecular formula is C11H19NO. The van der Waals surface area contributed by atoms with E-state index in [-0.39, 0.29) is 5.54 Å². The molecule has 0 unspecified atom stereocenters. The quantitative estimate of drug-likeness (QED) is 0.568. The van der Waals surface area contributed by atoms with Gasteiger partial charge in [-0.25, -0.2) is 0 Å². The molecule has 0 amide bonds. The highest BCUT2D eigenvalue weighted by atomic mass is 16.1. The van der Waals surface area contributed by atoms with Crippen LogP contribution in [-0.2, 0) is 4.79 Å². The molecule has 0 spiro atoms. The van der Waals surface area contributed by atoms with E-state index in [0.29, 0.717) is 23.8 Å². The number of rotatable bonds is 0. The molecule has 0 aromatic rings.